The number of rotatable bonds is 4. The third-order valence-corrected chi connectivity index (χ3v) is 2.95. The summed E-state index contributed by atoms with van der Waals surface area (Å²) in [6, 6.07) is 9.45. The van der Waals surface area contributed by atoms with E-state index in [2.05, 4.69) is 15.4 Å². The van der Waals surface area contributed by atoms with Crippen LogP contribution in [-0.4, -0.2) is 26.2 Å². The predicted molar refractivity (Wildman–Crippen MR) is 83.4 cm³/mol. The van der Waals surface area contributed by atoms with Crippen molar-refractivity contribution in [3.05, 3.63) is 53.8 Å². The Kier molecular flexibility index (Phi) is 5.14. The van der Waals surface area contributed by atoms with Crippen LogP contribution in [0, 0.1) is 5.82 Å². The van der Waals surface area contributed by atoms with Gasteiger partial charge in [0, 0.05) is 17.4 Å². The first-order valence-electron chi connectivity index (χ1n) is 6.63. The van der Waals surface area contributed by atoms with Crippen molar-refractivity contribution in [2.75, 3.05) is 24.9 Å². The molecule has 0 spiro atoms. The Morgan fingerprint density at radius 1 is 1.00 bits per heavy atom. The van der Waals surface area contributed by atoms with Gasteiger partial charge in [-0.05, 0) is 30.3 Å². The minimum Gasteiger partial charge on any atom is -0.496 e. The van der Waals surface area contributed by atoms with E-state index in [4.69, 9.17) is 4.74 Å². The van der Waals surface area contributed by atoms with Gasteiger partial charge in [-0.1, -0.05) is 6.07 Å². The zero-order valence-corrected chi connectivity index (χ0v) is 12.6. The minimum absolute atomic E-state index is 0.242. The summed E-state index contributed by atoms with van der Waals surface area (Å²) in [5, 5.41) is 5.06. The second-order valence-electron chi connectivity index (χ2n) is 4.50. The predicted octanol–water partition coefficient (Wildman–Crippen LogP) is 3.26. The molecule has 0 bridgehead atoms. The van der Waals surface area contributed by atoms with Crippen molar-refractivity contribution in [2.24, 2.45) is 0 Å². The van der Waals surface area contributed by atoms with Crippen LogP contribution in [0.15, 0.2) is 42.5 Å². The van der Waals surface area contributed by atoms with Crippen molar-refractivity contribution in [3.8, 4) is 5.75 Å². The van der Waals surface area contributed by atoms with Crippen molar-refractivity contribution in [2.45, 2.75) is 0 Å². The molecule has 120 valence electrons. The molecule has 2 aromatic carbocycles. The molecule has 0 aliphatic carbocycles. The average molecular weight is 318 g/mol. The van der Waals surface area contributed by atoms with Gasteiger partial charge < -0.3 is 20.1 Å². The van der Waals surface area contributed by atoms with Crippen LogP contribution in [-0.2, 0) is 4.74 Å². The van der Waals surface area contributed by atoms with Gasteiger partial charge >= 0.3 is 12.0 Å². The smallest absolute Gasteiger partial charge is 0.341 e. The van der Waals surface area contributed by atoms with Gasteiger partial charge in [-0.3, -0.25) is 0 Å². The SMILES string of the molecule is COC(=O)c1ccc(NC(=O)Nc2cccc(F)c2)cc1OC. The van der Waals surface area contributed by atoms with Gasteiger partial charge in [-0.2, -0.15) is 0 Å². The summed E-state index contributed by atoms with van der Waals surface area (Å²) in [6.07, 6.45) is 0. The Bertz CT molecular complexity index is 734. The van der Waals surface area contributed by atoms with E-state index >= 15 is 0 Å². The van der Waals surface area contributed by atoms with Crippen LogP contribution in [0.2, 0.25) is 0 Å². The molecule has 23 heavy (non-hydrogen) atoms. The standard InChI is InChI=1S/C16H15FN2O4/c1-22-14-9-12(6-7-13(14)15(20)23-2)19-16(21)18-11-5-3-4-10(17)8-11/h3-9H,1-2H3,(H2,18,19,21). The molecule has 2 amide bonds. The number of urea groups is 1. The Hall–Kier alpha value is -3.09. The molecule has 0 aliphatic heterocycles. The first kappa shape index (κ1) is 16.3. The molecular formula is C16H15FN2O4. The highest BCUT2D eigenvalue weighted by Crippen LogP contribution is 2.24. The minimum atomic E-state index is -0.552. The zero-order valence-electron chi connectivity index (χ0n) is 12.6. The highest BCUT2D eigenvalue weighted by molar-refractivity contribution is 6.00. The number of nitrogens with one attached hydrogen (secondary N) is 2. The first-order chi connectivity index (χ1) is 11.0. The molecule has 7 heteroatoms. The number of esters is 1. The molecule has 6 nitrogen and oxygen atoms in total. The van der Waals surface area contributed by atoms with E-state index in [1.165, 1.54) is 50.6 Å². The van der Waals surface area contributed by atoms with E-state index in [0.29, 0.717) is 11.4 Å². The van der Waals surface area contributed by atoms with E-state index in [9.17, 15) is 14.0 Å². The number of methoxy groups -OCH3 is 2. The van der Waals surface area contributed by atoms with Crippen molar-refractivity contribution in [1.29, 1.82) is 0 Å². The molecule has 0 saturated carbocycles. The molecule has 0 saturated heterocycles. The summed E-state index contributed by atoms with van der Waals surface area (Å²) >= 11 is 0. The van der Waals surface area contributed by atoms with Crippen molar-refractivity contribution in [1.82, 2.24) is 0 Å². The largest absolute Gasteiger partial charge is 0.496 e. The fraction of sp³-hybridized carbons (Fsp3) is 0.125. The number of amides is 2. The number of hydrogen-bond donors (Lipinski definition) is 2. The zero-order chi connectivity index (χ0) is 16.8. The summed E-state index contributed by atoms with van der Waals surface area (Å²) < 4.78 is 22.8. The summed E-state index contributed by atoms with van der Waals surface area (Å²) in [5.74, 6) is -0.732. The molecule has 2 aromatic rings. The monoisotopic (exact) mass is 318 g/mol. The van der Waals surface area contributed by atoms with Crippen molar-refractivity contribution < 1.29 is 23.5 Å². The molecule has 0 aromatic heterocycles. The molecule has 0 heterocycles. The third-order valence-electron chi connectivity index (χ3n) is 2.95. The second-order valence-corrected chi connectivity index (χ2v) is 4.50. The number of benzene rings is 2. The van der Waals surface area contributed by atoms with E-state index < -0.39 is 17.8 Å². The number of ether oxygens (including phenoxy) is 2. The molecule has 0 radical (unpaired) electrons. The van der Waals surface area contributed by atoms with Gasteiger partial charge in [0.15, 0.2) is 0 Å². The summed E-state index contributed by atoms with van der Waals surface area (Å²) in [6.45, 7) is 0. The van der Waals surface area contributed by atoms with Crippen LogP contribution < -0.4 is 15.4 Å². The summed E-state index contributed by atoms with van der Waals surface area (Å²) in [5.41, 5.74) is 0.968. The summed E-state index contributed by atoms with van der Waals surface area (Å²) in [4.78, 5) is 23.5. The van der Waals surface area contributed by atoms with Crippen LogP contribution >= 0.6 is 0 Å². The topological polar surface area (TPSA) is 76.7 Å². The van der Waals surface area contributed by atoms with Crippen LogP contribution in [0.1, 0.15) is 10.4 Å². The number of carbonyl (C=O) groups excluding carboxylic acids is 2. The third kappa shape index (κ3) is 4.19. The van der Waals surface area contributed by atoms with Gasteiger partial charge in [0.25, 0.3) is 0 Å². The van der Waals surface area contributed by atoms with Crippen LogP contribution in [0.4, 0.5) is 20.6 Å². The molecule has 2 N–H and O–H groups in total. The molecule has 0 atom stereocenters. The molecular weight excluding hydrogens is 303 g/mol. The lowest BCUT2D eigenvalue weighted by Crippen LogP contribution is -2.19. The molecule has 2 rings (SSSR count). The van der Waals surface area contributed by atoms with E-state index in [0.717, 1.165) is 0 Å². The van der Waals surface area contributed by atoms with E-state index in [-0.39, 0.29) is 11.3 Å². The Labute approximate surface area is 132 Å². The van der Waals surface area contributed by atoms with Crippen LogP contribution in [0.25, 0.3) is 0 Å². The fourth-order valence-corrected chi connectivity index (χ4v) is 1.91. The molecule has 0 unspecified atom stereocenters. The lowest BCUT2D eigenvalue weighted by atomic mass is 10.2. The Morgan fingerprint density at radius 3 is 2.30 bits per heavy atom. The normalized spacial score (nSPS) is 9.87. The fourth-order valence-electron chi connectivity index (χ4n) is 1.91. The van der Waals surface area contributed by atoms with Gasteiger partial charge in [-0.25, -0.2) is 14.0 Å². The van der Waals surface area contributed by atoms with Gasteiger partial charge in [0.1, 0.15) is 17.1 Å². The van der Waals surface area contributed by atoms with Crippen LogP contribution in [0.5, 0.6) is 5.75 Å². The number of halogens is 1. The Balaban J connectivity index is 2.10. The molecule has 0 fully saturated rings. The number of anilines is 2. The number of hydrogen-bond acceptors (Lipinski definition) is 4. The number of carbonyl (C=O) groups is 2. The Morgan fingerprint density at radius 2 is 1.70 bits per heavy atom. The van der Waals surface area contributed by atoms with Crippen molar-refractivity contribution in [3.63, 3.8) is 0 Å². The van der Waals surface area contributed by atoms with Gasteiger partial charge in [-0.15, -0.1) is 0 Å². The van der Waals surface area contributed by atoms with E-state index in [1.54, 1.807) is 6.07 Å². The highest BCUT2D eigenvalue weighted by atomic mass is 19.1. The van der Waals surface area contributed by atoms with Crippen LogP contribution in [0.3, 0.4) is 0 Å². The quantitative estimate of drug-likeness (QED) is 0.848. The lowest BCUT2D eigenvalue weighted by Gasteiger charge is -2.11. The van der Waals surface area contributed by atoms with Gasteiger partial charge in [0.05, 0.1) is 14.2 Å². The van der Waals surface area contributed by atoms with Gasteiger partial charge in [0.2, 0.25) is 0 Å². The highest BCUT2D eigenvalue weighted by Gasteiger charge is 2.14. The van der Waals surface area contributed by atoms with Crippen molar-refractivity contribution >= 4 is 23.4 Å². The molecule has 0 aliphatic rings. The maximum atomic E-state index is 13.1. The maximum absolute atomic E-state index is 13.1. The second kappa shape index (κ2) is 7.26. The average Bonchev–Trinajstić information content (AvgIpc) is 2.53. The van der Waals surface area contributed by atoms with E-state index in [1.807, 2.05) is 0 Å². The lowest BCUT2D eigenvalue weighted by molar-refractivity contribution is 0.0597. The summed E-state index contributed by atoms with van der Waals surface area (Å²) in [7, 11) is 2.67. The maximum Gasteiger partial charge on any atom is 0.341 e. The first-order valence-corrected chi connectivity index (χ1v) is 6.63.